The van der Waals surface area contributed by atoms with Crippen LogP contribution < -0.4 is 25.7 Å². The Morgan fingerprint density at radius 1 is 1.00 bits per heavy atom. The minimum absolute atomic E-state index is 0.00467. The number of methoxy groups -OCH3 is 3. The first-order chi connectivity index (χ1) is 19.0. The van der Waals surface area contributed by atoms with E-state index < -0.39 is 0 Å². The van der Waals surface area contributed by atoms with Crippen LogP contribution in [0.3, 0.4) is 0 Å². The van der Waals surface area contributed by atoms with E-state index in [1.54, 1.807) is 25.9 Å². The maximum atomic E-state index is 13.1. The summed E-state index contributed by atoms with van der Waals surface area (Å²) in [7, 11) is 4.77. The number of fused-ring (bicyclic) bond motifs is 1. The van der Waals surface area contributed by atoms with Crippen molar-refractivity contribution in [2.24, 2.45) is 0 Å². The van der Waals surface area contributed by atoms with Gasteiger partial charge in [0.25, 0.3) is 5.56 Å². The van der Waals surface area contributed by atoms with Crippen molar-refractivity contribution in [2.45, 2.75) is 43.8 Å². The second-order valence-corrected chi connectivity index (χ2v) is 10.6. The van der Waals surface area contributed by atoms with E-state index in [-0.39, 0.29) is 23.1 Å². The van der Waals surface area contributed by atoms with Gasteiger partial charge in [-0.3, -0.25) is 19.0 Å². The third-order valence-electron chi connectivity index (χ3n) is 5.96. The van der Waals surface area contributed by atoms with Crippen molar-refractivity contribution >= 4 is 45.1 Å². The number of thioether (sulfide) groups is 1. The van der Waals surface area contributed by atoms with E-state index >= 15 is 0 Å². The van der Waals surface area contributed by atoms with Crippen molar-refractivity contribution < 1.29 is 23.8 Å². The third-order valence-corrected chi connectivity index (χ3v) is 7.83. The summed E-state index contributed by atoms with van der Waals surface area (Å²) in [5.74, 6) is 1.37. The number of hydrogen-bond donors (Lipinski definition) is 2. The van der Waals surface area contributed by atoms with Crippen molar-refractivity contribution in [3.8, 4) is 11.5 Å². The van der Waals surface area contributed by atoms with Gasteiger partial charge in [-0.05, 0) is 48.4 Å². The van der Waals surface area contributed by atoms with E-state index in [4.69, 9.17) is 14.2 Å². The molecule has 0 fully saturated rings. The number of thiophene rings is 1. The van der Waals surface area contributed by atoms with Crippen molar-refractivity contribution in [1.29, 1.82) is 0 Å². The fourth-order valence-corrected chi connectivity index (χ4v) is 5.54. The Morgan fingerprint density at radius 3 is 2.56 bits per heavy atom. The fourth-order valence-electron chi connectivity index (χ4n) is 3.91. The molecular weight excluding hydrogens is 540 g/mol. The van der Waals surface area contributed by atoms with Gasteiger partial charge >= 0.3 is 0 Å². The number of aromatic nitrogens is 2. The summed E-state index contributed by atoms with van der Waals surface area (Å²) in [5, 5.41) is 8.12. The lowest BCUT2D eigenvalue weighted by molar-refractivity contribution is -0.121. The van der Waals surface area contributed by atoms with Gasteiger partial charge in [-0.25, -0.2) is 4.98 Å². The molecule has 1 aromatic carbocycles. The zero-order chi connectivity index (χ0) is 28.0. The van der Waals surface area contributed by atoms with Gasteiger partial charge in [0, 0.05) is 33.2 Å². The summed E-state index contributed by atoms with van der Waals surface area (Å²) in [6.07, 6.45) is 3.35. The third kappa shape index (κ3) is 9.26. The molecule has 3 aromatic rings. The summed E-state index contributed by atoms with van der Waals surface area (Å²) >= 11 is 2.62. The van der Waals surface area contributed by atoms with Crippen molar-refractivity contribution in [3.05, 3.63) is 45.6 Å². The van der Waals surface area contributed by atoms with E-state index in [9.17, 15) is 14.4 Å². The molecule has 12 heteroatoms. The molecule has 2 amide bonds. The van der Waals surface area contributed by atoms with Crippen LogP contribution in [-0.2, 0) is 27.3 Å². The lowest BCUT2D eigenvalue weighted by atomic mass is 10.1. The number of benzene rings is 1. The second-order valence-electron chi connectivity index (χ2n) is 8.72. The Morgan fingerprint density at radius 2 is 1.79 bits per heavy atom. The van der Waals surface area contributed by atoms with Crippen LogP contribution in [0.25, 0.3) is 10.2 Å². The molecule has 0 saturated carbocycles. The molecular formula is C27H36N4O6S2. The van der Waals surface area contributed by atoms with E-state index in [2.05, 4.69) is 15.6 Å². The topological polar surface area (TPSA) is 121 Å². The van der Waals surface area contributed by atoms with Crippen LogP contribution in [0.5, 0.6) is 11.5 Å². The average molecular weight is 577 g/mol. The van der Waals surface area contributed by atoms with Crippen LogP contribution in [0.2, 0.25) is 0 Å². The molecule has 3 rings (SSSR count). The molecule has 0 aliphatic carbocycles. The maximum Gasteiger partial charge on any atom is 0.272 e. The molecule has 0 unspecified atom stereocenters. The largest absolute Gasteiger partial charge is 0.493 e. The minimum atomic E-state index is -0.139. The van der Waals surface area contributed by atoms with Gasteiger partial charge in [0.1, 0.15) is 4.70 Å². The first-order valence-electron chi connectivity index (χ1n) is 12.8. The zero-order valence-electron chi connectivity index (χ0n) is 22.6. The number of hydrogen-bond acceptors (Lipinski definition) is 9. The van der Waals surface area contributed by atoms with Crippen LogP contribution in [0.15, 0.2) is 39.6 Å². The van der Waals surface area contributed by atoms with Gasteiger partial charge in [-0.2, -0.15) is 0 Å². The second kappa shape index (κ2) is 16.1. The quantitative estimate of drug-likeness (QED) is 0.143. The molecule has 0 aliphatic rings. The van der Waals surface area contributed by atoms with Gasteiger partial charge in [0.05, 0.1) is 32.1 Å². The van der Waals surface area contributed by atoms with Gasteiger partial charge in [-0.1, -0.05) is 24.2 Å². The predicted molar refractivity (Wildman–Crippen MR) is 154 cm³/mol. The van der Waals surface area contributed by atoms with Crippen LogP contribution >= 0.6 is 23.1 Å². The average Bonchev–Trinajstić information content (AvgIpc) is 3.42. The van der Waals surface area contributed by atoms with Crippen LogP contribution in [-0.4, -0.2) is 68.1 Å². The summed E-state index contributed by atoms with van der Waals surface area (Å²) in [4.78, 5) is 42.1. The standard InChI is InChI=1S/C27H36N4O6S2/c1-35-15-13-29-24(33)18-39-27-30-20-11-16-38-25(20)26(34)31(27)14-6-4-5-7-23(32)28-12-10-19-8-9-21(36-2)22(17-19)37-3/h8-9,11,16-17H,4-7,10,12-15,18H2,1-3H3,(H,28,32)(H,29,33). The van der Waals surface area contributed by atoms with E-state index in [1.165, 1.54) is 23.1 Å². The van der Waals surface area contributed by atoms with E-state index in [0.717, 1.165) is 24.8 Å². The molecule has 0 saturated heterocycles. The lowest BCUT2D eigenvalue weighted by Gasteiger charge is -2.12. The zero-order valence-corrected chi connectivity index (χ0v) is 24.3. The molecule has 10 nitrogen and oxygen atoms in total. The maximum absolute atomic E-state index is 13.1. The molecule has 0 spiro atoms. The minimum Gasteiger partial charge on any atom is -0.493 e. The van der Waals surface area contributed by atoms with Crippen molar-refractivity contribution in [2.75, 3.05) is 46.8 Å². The Hall–Kier alpha value is -3.09. The fraction of sp³-hybridized carbons (Fsp3) is 0.481. The number of nitrogens with one attached hydrogen (secondary N) is 2. The summed E-state index contributed by atoms with van der Waals surface area (Å²) in [5.41, 5.74) is 1.61. The van der Waals surface area contributed by atoms with Crippen LogP contribution in [0, 0.1) is 0 Å². The van der Waals surface area contributed by atoms with Crippen molar-refractivity contribution in [1.82, 2.24) is 20.2 Å². The molecule has 0 atom stereocenters. The Labute approximate surface area is 236 Å². The summed E-state index contributed by atoms with van der Waals surface area (Å²) in [6, 6.07) is 7.54. The molecule has 0 aliphatic heterocycles. The highest BCUT2D eigenvalue weighted by Gasteiger charge is 2.14. The van der Waals surface area contributed by atoms with Gasteiger partial charge in [-0.15, -0.1) is 11.3 Å². The van der Waals surface area contributed by atoms with Gasteiger partial charge < -0.3 is 24.8 Å². The summed E-state index contributed by atoms with van der Waals surface area (Å²) < 4.78 is 17.8. The number of nitrogens with zero attached hydrogens (tertiary/aromatic N) is 2. The number of rotatable bonds is 17. The lowest BCUT2D eigenvalue weighted by Crippen LogP contribution is -2.29. The van der Waals surface area contributed by atoms with Gasteiger partial charge in [0.15, 0.2) is 16.7 Å². The molecule has 2 heterocycles. The van der Waals surface area contributed by atoms with Crippen molar-refractivity contribution in [3.63, 3.8) is 0 Å². The van der Waals surface area contributed by atoms with Crippen LogP contribution in [0.4, 0.5) is 0 Å². The number of unbranched alkanes of at least 4 members (excludes halogenated alkanes) is 2. The molecule has 212 valence electrons. The summed E-state index contributed by atoms with van der Waals surface area (Å²) in [6.45, 7) is 1.89. The number of amides is 2. The smallest absolute Gasteiger partial charge is 0.272 e. The SMILES string of the molecule is COCCNC(=O)CSc1nc2ccsc2c(=O)n1CCCCCC(=O)NCCc1ccc(OC)c(OC)c1. The molecule has 0 bridgehead atoms. The molecule has 39 heavy (non-hydrogen) atoms. The molecule has 0 radical (unpaired) electrons. The highest BCUT2D eigenvalue weighted by Crippen LogP contribution is 2.27. The monoisotopic (exact) mass is 576 g/mol. The first kappa shape index (κ1) is 30.5. The number of carbonyl (C=O) groups is 2. The highest BCUT2D eigenvalue weighted by molar-refractivity contribution is 7.99. The molecule has 2 aromatic heterocycles. The number of ether oxygens (including phenoxy) is 3. The first-order valence-corrected chi connectivity index (χ1v) is 14.7. The Balaban J connectivity index is 1.44. The van der Waals surface area contributed by atoms with E-state index in [1.807, 2.05) is 29.6 Å². The molecule has 2 N–H and O–H groups in total. The van der Waals surface area contributed by atoms with E-state index in [0.29, 0.717) is 66.0 Å². The highest BCUT2D eigenvalue weighted by atomic mass is 32.2. The normalized spacial score (nSPS) is 10.9. The Kier molecular flexibility index (Phi) is 12.6. The number of carbonyl (C=O) groups excluding carboxylic acids is 2. The van der Waals surface area contributed by atoms with Gasteiger partial charge in [0.2, 0.25) is 11.8 Å². The predicted octanol–water partition coefficient (Wildman–Crippen LogP) is 3.25. The van der Waals surface area contributed by atoms with Crippen LogP contribution in [0.1, 0.15) is 31.2 Å². The Bertz CT molecular complexity index is 1290.